The van der Waals surface area contributed by atoms with E-state index in [0.717, 1.165) is 18.4 Å². The summed E-state index contributed by atoms with van der Waals surface area (Å²) in [6, 6.07) is 9.64. The molecule has 1 heterocycles. The number of benzene rings is 1. The highest BCUT2D eigenvalue weighted by Gasteiger charge is 2.36. The van der Waals surface area contributed by atoms with E-state index in [1.807, 2.05) is 51.1 Å². The molecule has 0 aliphatic heterocycles. The monoisotopic (exact) mass is 314 g/mol. The molecule has 0 spiro atoms. The zero-order chi connectivity index (χ0) is 17.0. The number of hydrogen-bond acceptors (Lipinski definition) is 4. The van der Waals surface area contributed by atoms with Crippen LogP contribution in [-0.2, 0) is 4.79 Å². The number of carbonyl (C=O) groups excluding carboxylic acids is 1. The maximum atomic E-state index is 13.0. The Kier molecular flexibility index (Phi) is 5.34. The van der Waals surface area contributed by atoms with Crippen LogP contribution < -0.4 is 0 Å². The van der Waals surface area contributed by atoms with Crippen LogP contribution >= 0.6 is 0 Å². The number of ketones is 1. The smallest absolute Gasteiger partial charge is 0.257 e. The Morgan fingerprint density at radius 3 is 2.43 bits per heavy atom. The first-order valence-corrected chi connectivity index (χ1v) is 8.28. The lowest BCUT2D eigenvalue weighted by Gasteiger charge is -2.26. The van der Waals surface area contributed by atoms with Gasteiger partial charge in [0.05, 0.1) is 5.92 Å². The fourth-order valence-corrected chi connectivity index (χ4v) is 2.52. The van der Waals surface area contributed by atoms with Crippen molar-refractivity contribution in [1.82, 2.24) is 10.1 Å². The molecule has 0 amide bonds. The lowest BCUT2D eigenvalue weighted by molar-refractivity contribution is -0.129. The first-order chi connectivity index (χ1) is 10.8. The summed E-state index contributed by atoms with van der Waals surface area (Å²) in [7, 11) is 0. The molecule has 1 aromatic carbocycles. The third-order valence-corrected chi connectivity index (χ3v) is 4.35. The van der Waals surface area contributed by atoms with E-state index >= 15 is 0 Å². The number of hydrogen-bond donors (Lipinski definition) is 0. The average molecular weight is 314 g/mol. The van der Waals surface area contributed by atoms with E-state index in [9.17, 15) is 4.79 Å². The lowest BCUT2D eigenvalue weighted by atomic mass is 9.76. The van der Waals surface area contributed by atoms with Crippen LogP contribution in [0.25, 0.3) is 11.5 Å². The second kappa shape index (κ2) is 7.07. The second-order valence-electron chi connectivity index (χ2n) is 7.11. The van der Waals surface area contributed by atoms with Crippen LogP contribution in [0, 0.1) is 11.3 Å². The first-order valence-electron chi connectivity index (χ1n) is 8.28. The summed E-state index contributed by atoms with van der Waals surface area (Å²) in [5.41, 5.74) is 0.490. The molecule has 0 saturated carbocycles. The minimum atomic E-state index is -0.382. The van der Waals surface area contributed by atoms with Crippen LogP contribution in [0.2, 0.25) is 0 Å². The third kappa shape index (κ3) is 4.06. The summed E-state index contributed by atoms with van der Waals surface area (Å²) in [4.78, 5) is 17.5. The Morgan fingerprint density at radius 1 is 1.22 bits per heavy atom. The molecule has 4 nitrogen and oxygen atoms in total. The molecule has 0 N–H and O–H groups in total. The third-order valence-electron chi connectivity index (χ3n) is 4.35. The van der Waals surface area contributed by atoms with Crippen molar-refractivity contribution >= 4 is 5.78 Å². The van der Waals surface area contributed by atoms with Gasteiger partial charge in [0.1, 0.15) is 5.78 Å². The zero-order valence-corrected chi connectivity index (χ0v) is 14.7. The van der Waals surface area contributed by atoms with Gasteiger partial charge in [0.2, 0.25) is 0 Å². The number of nitrogens with zero attached hydrogens (tertiary/aromatic N) is 2. The highest BCUT2D eigenvalue weighted by Crippen LogP contribution is 2.34. The van der Waals surface area contributed by atoms with Crippen molar-refractivity contribution in [1.29, 1.82) is 0 Å². The molecule has 4 heteroatoms. The fourth-order valence-electron chi connectivity index (χ4n) is 2.52. The van der Waals surface area contributed by atoms with E-state index in [2.05, 4.69) is 24.0 Å². The van der Waals surface area contributed by atoms with Gasteiger partial charge in [0.25, 0.3) is 5.89 Å². The van der Waals surface area contributed by atoms with Crippen LogP contribution in [0.1, 0.15) is 59.2 Å². The largest absolute Gasteiger partial charge is 0.334 e. The molecule has 0 radical (unpaired) electrons. The van der Waals surface area contributed by atoms with Gasteiger partial charge in [-0.25, -0.2) is 0 Å². The van der Waals surface area contributed by atoms with Gasteiger partial charge in [0.15, 0.2) is 5.82 Å². The van der Waals surface area contributed by atoms with E-state index in [4.69, 9.17) is 4.52 Å². The summed E-state index contributed by atoms with van der Waals surface area (Å²) in [5.74, 6) is 1.23. The molecule has 0 aliphatic rings. The molecular weight excluding hydrogens is 288 g/mol. The Bertz CT molecular complexity index is 644. The van der Waals surface area contributed by atoms with Gasteiger partial charge >= 0.3 is 0 Å². The standard InChI is InChI=1S/C19H26N2O2/c1-6-19(4,5)16(22)15(12-13(2)3)17-20-18(23-21-17)14-10-8-7-9-11-14/h7-11,13,15H,6,12H2,1-5H3. The van der Waals surface area contributed by atoms with Crippen molar-refractivity contribution in [2.75, 3.05) is 0 Å². The van der Waals surface area contributed by atoms with Gasteiger partial charge in [-0.15, -0.1) is 0 Å². The minimum Gasteiger partial charge on any atom is -0.334 e. The molecule has 0 bridgehead atoms. The van der Waals surface area contributed by atoms with Crippen LogP contribution in [0.5, 0.6) is 0 Å². The maximum Gasteiger partial charge on any atom is 0.257 e. The maximum absolute atomic E-state index is 13.0. The number of rotatable bonds is 7. The quantitative estimate of drug-likeness (QED) is 0.731. The Labute approximate surface area is 138 Å². The minimum absolute atomic E-state index is 0.189. The molecule has 0 aliphatic carbocycles. The highest BCUT2D eigenvalue weighted by molar-refractivity contribution is 5.89. The Hall–Kier alpha value is -1.97. The number of Topliss-reactive ketones (excluding diaryl/α,β-unsaturated/α-hetero) is 1. The highest BCUT2D eigenvalue weighted by atomic mass is 16.5. The summed E-state index contributed by atoms with van der Waals surface area (Å²) in [6.07, 6.45) is 1.53. The molecule has 1 atom stereocenters. The molecule has 23 heavy (non-hydrogen) atoms. The van der Waals surface area contributed by atoms with Crippen LogP contribution in [0.15, 0.2) is 34.9 Å². The van der Waals surface area contributed by atoms with Gasteiger partial charge in [-0.2, -0.15) is 4.98 Å². The van der Waals surface area contributed by atoms with Crippen LogP contribution in [0.4, 0.5) is 0 Å². The Morgan fingerprint density at radius 2 is 1.87 bits per heavy atom. The first kappa shape index (κ1) is 17.4. The topological polar surface area (TPSA) is 56.0 Å². The SMILES string of the molecule is CCC(C)(C)C(=O)C(CC(C)C)c1noc(-c2ccccc2)n1. The predicted molar refractivity (Wildman–Crippen MR) is 91.0 cm³/mol. The molecule has 1 aromatic heterocycles. The molecule has 0 saturated heterocycles. The van der Waals surface area contributed by atoms with E-state index in [-0.39, 0.29) is 17.1 Å². The molecule has 0 fully saturated rings. The van der Waals surface area contributed by atoms with E-state index in [1.165, 1.54) is 0 Å². The molecule has 1 unspecified atom stereocenters. The van der Waals surface area contributed by atoms with Crippen molar-refractivity contribution in [2.24, 2.45) is 11.3 Å². The summed E-state index contributed by atoms with van der Waals surface area (Å²) < 4.78 is 5.40. The zero-order valence-electron chi connectivity index (χ0n) is 14.7. The van der Waals surface area contributed by atoms with Crippen LogP contribution in [-0.4, -0.2) is 15.9 Å². The summed E-state index contributed by atoms with van der Waals surface area (Å²) in [5, 5.41) is 4.11. The summed E-state index contributed by atoms with van der Waals surface area (Å²) >= 11 is 0. The lowest BCUT2D eigenvalue weighted by Crippen LogP contribution is -2.30. The van der Waals surface area contributed by atoms with Gasteiger partial charge in [0, 0.05) is 11.0 Å². The second-order valence-corrected chi connectivity index (χ2v) is 7.11. The molecular formula is C19H26N2O2. The predicted octanol–water partition coefficient (Wildman–Crippen LogP) is 4.87. The normalized spacial score (nSPS) is 13.3. The van der Waals surface area contributed by atoms with E-state index in [1.54, 1.807) is 0 Å². The molecule has 124 valence electrons. The summed E-state index contributed by atoms with van der Waals surface area (Å²) in [6.45, 7) is 10.2. The van der Waals surface area contributed by atoms with Gasteiger partial charge in [-0.1, -0.05) is 58.0 Å². The van der Waals surface area contributed by atoms with Gasteiger partial charge in [-0.05, 0) is 30.9 Å². The van der Waals surface area contributed by atoms with Crippen molar-refractivity contribution in [3.8, 4) is 11.5 Å². The van der Waals surface area contributed by atoms with Gasteiger partial charge < -0.3 is 4.52 Å². The molecule has 2 rings (SSSR count). The van der Waals surface area contributed by atoms with Crippen molar-refractivity contribution in [2.45, 2.75) is 53.4 Å². The number of aromatic nitrogens is 2. The number of carbonyl (C=O) groups is 1. The van der Waals surface area contributed by atoms with Crippen molar-refractivity contribution < 1.29 is 9.32 Å². The van der Waals surface area contributed by atoms with Gasteiger partial charge in [-0.3, -0.25) is 4.79 Å². The molecule has 2 aromatic rings. The van der Waals surface area contributed by atoms with Crippen molar-refractivity contribution in [3.05, 3.63) is 36.2 Å². The Balaban J connectivity index is 2.34. The van der Waals surface area contributed by atoms with Crippen molar-refractivity contribution in [3.63, 3.8) is 0 Å². The average Bonchev–Trinajstić information content (AvgIpc) is 3.02. The fraction of sp³-hybridized carbons (Fsp3) is 0.526. The van der Waals surface area contributed by atoms with E-state index in [0.29, 0.717) is 17.6 Å². The van der Waals surface area contributed by atoms with E-state index < -0.39 is 0 Å². The van der Waals surface area contributed by atoms with Crippen LogP contribution in [0.3, 0.4) is 0 Å².